The fourth-order valence-electron chi connectivity index (χ4n) is 2.50. The van der Waals surface area contributed by atoms with E-state index >= 15 is 0 Å². The summed E-state index contributed by atoms with van der Waals surface area (Å²) in [5.41, 5.74) is 1.21. The summed E-state index contributed by atoms with van der Waals surface area (Å²) < 4.78 is 0. The van der Waals surface area contributed by atoms with E-state index in [0.29, 0.717) is 12.3 Å². The first-order chi connectivity index (χ1) is 7.16. The van der Waals surface area contributed by atoms with Gasteiger partial charge in [-0.3, -0.25) is 4.79 Å². The van der Waals surface area contributed by atoms with Crippen LogP contribution >= 0.6 is 0 Å². The highest BCUT2D eigenvalue weighted by atomic mass is 16.3. The molecule has 0 spiro atoms. The van der Waals surface area contributed by atoms with Gasteiger partial charge >= 0.3 is 0 Å². The number of ketones is 1. The quantitative estimate of drug-likeness (QED) is 0.745. The Morgan fingerprint density at radius 1 is 1.40 bits per heavy atom. The number of rotatable bonds is 2. The van der Waals surface area contributed by atoms with Gasteiger partial charge in [-0.15, -0.1) is 0 Å². The molecule has 84 valence electrons. The fourth-order valence-corrected chi connectivity index (χ4v) is 2.50. The lowest BCUT2D eigenvalue weighted by atomic mass is 9.92. The molecule has 1 aliphatic carbocycles. The average Bonchev–Trinajstić information content (AvgIpc) is 2.65. The zero-order valence-electron chi connectivity index (χ0n) is 9.28. The van der Waals surface area contributed by atoms with Crippen LogP contribution in [0.3, 0.4) is 0 Å². The van der Waals surface area contributed by atoms with E-state index in [9.17, 15) is 9.90 Å². The first-order valence-corrected chi connectivity index (χ1v) is 5.83. The summed E-state index contributed by atoms with van der Waals surface area (Å²) >= 11 is 0. The number of allylic oxidation sites excluding steroid dienone is 2. The van der Waals surface area contributed by atoms with Crippen molar-refractivity contribution in [2.24, 2.45) is 5.92 Å². The Labute approximate surface area is 90.8 Å². The van der Waals surface area contributed by atoms with E-state index in [1.54, 1.807) is 6.08 Å². The second-order valence-electron chi connectivity index (χ2n) is 4.67. The molecule has 3 nitrogen and oxygen atoms in total. The summed E-state index contributed by atoms with van der Waals surface area (Å²) in [6.07, 6.45) is 5.30. The standard InChI is InChI=1S/C12H19NO2/c1-9(14)10-4-6-13(7-5-10)11-2-3-12(15)8-11/h8-10,14H,2-7H2,1H3. The number of aliphatic hydroxyl groups excluding tert-OH is 1. The maximum Gasteiger partial charge on any atom is 0.157 e. The number of hydrogen-bond donors (Lipinski definition) is 1. The summed E-state index contributed by atoms with van der Waals surface area (Å²) in [6, 6.07) is 0. The van der Waals surface area contributed by atoms with E-state index < -0.39 is 0 Å². The van der Waals surface area contributed by atoms with Crippen molar-refractivity contribution in [2.45, 2.75) is 38.7 Å². The molecule has 1 saturated heterocycles. The number of piperidine rings is 1. The van der Waals surface area contributed by atoms with E-state index in [2.05, 4.69) is 4.90 Å². The molecule has 1 atom stereocenters. The maximum absolute atomic E-state index is 11.1. The third kappa shape index (κ3) is 2.40. The molecule has 1 fully saturated rings. The van der Waals surface area contributed by atoms with Crippen LogP contribution in [-0.4, -0.2) is 35.0 Å². The minimum Gasteiger partial charge on any atom is -0.393 e. The Morgan fingerprint density at radius 2 is 2.07 bits per heavy atom. The summed E-state index contributed by atoms with van der Waals surface area (Å²) in [4.78, 5) is 13.4. The van der Waals surface area contributed by atoms with Crippen molar-refractivity contribution in [3.05, 3.63) is 11.8 Å². The molecule has 0 aromatic heterocycles. The van der Waals surface area contributed by atoms with Gasteiger partial charge in [0, 0.05) is 31.3 Å². The number of carbonyl (C=O) groups excluding carboxylic acids is 1. The first kappa shape index (κ1) is 10.7. The number of nitrogens with zero attached hydrogens (tertiary/aromatic N) is 1. The second kappa shape index (κ2) is 4.35. The second-order valence-corrected chi connectivity index (χ2v) is 4.67. The van der Waals surface area contributed by atoms with Crippen LogP contribution in [0.4, 0.5) is 0 Å². The van der Waals surface area contributed by atoms with Crippen molar-refractivity contribution in [2.75, 3.05) is 13.1 Å². The molecule has 0 radical (unpaired) electrons. The smallest absolute Gasteiger partial charge is 0.157 e. The molecule has 0 aromatic rings. The molecule has 0 aromatic carbocycles. The van der Waals surface area contributed by atoms with Crippen LogP contribution in [0.5, 0.6) is 0 Å². The molecule has 2 rings (SSSR count). The molecule has 3 heteroatoms. The predicted octanol–water partition coefficient (Wildman–Crippen LogP) is 1.33. The topological polar surface area (TPSA) is 40.5 Å². The summed E-state index contributed by atoms with van der Waals surface area (Å²) in [6.45, 7) is 3.86. The van der Waals surface area contributed by atoms with Crippen molar-refractivity contribution in [3.63, 3.8) is 0 Å². The summed E-state index contributed by atoms with van der Waals surface area (Å²) in [7, 11) is 0. The van der Waals surface area contributed by atoms with Crippen LogP contribution in [-0.2, 0) is 4.79 Å². The zero-order chi connectivity index (χ0) is 10.8. The Balaban J connectivity index is 1.88. The zero-order valence-corrected chi connectivity index (χ0v) is 9.28. The van der Waals surface area contributed by atoms with Crippen LogP contribution in [0.25, 0.3) is 0 Å². The summed E-state index contributed by atoms with van der Waals surface area (Å²) in [5.74, 6) is 0.710. The highest BCUT2D eigenvalue weighted by Crippen LogP contribution is 2.27. The molecule has 0 amide bonds. The van der Waals surface area contributed by atoms with Gasteiger partial charge in [0.1, 0.15) is 0 Å². The highest BCUT2D eigenvalue weighted by Gasteiger charge is 2.25. The molecule has 15 heavy (non-hydrogen) atoms. The van der Waals surface area contributed by atoms with Gasteiger partial charge in [0.15, 0.2) is 5.78 Å². The van der Waals surface area contributed by atoms with Gasteiger partial charge in [0.25, 0.3) is 0 Å². The van der Waals surface area contributed by atoms with Gasteiger partial charge in [-0.25, -0.2) is 0 Å². The third-order valence-corrected chi connectivity index (χ3v) is 3.58. The normalized spacial score (nSPS) is 25.6. The molecule has 1 aliphatic heterocycles. The van der Waals surface area contributed by atoms with E-state index in [1.807, 2.05) is 6.92 Å². The SMILES string of the molecule is CC(O)C1CCN(C2=CC(=O)CC2)CC1. The van der Waals surface area contributed by atoms with Crippen LogP contribution in [0, 0.1) is 5.92 Å². The van der Waals surface area contributed by atoms with E-state index in [1.165, 1.54) is 5.70 Å². The van der Waals surface area contributed by atoms with Crippen molar-refractivity contribution in [3.8, 4) is 0 Å². The molecular formula is C12H19NO2. The van der Waals surface area contributed by atoms with Crippen LogP contribution < -0.4 is 0 Å². The van der Waals surface area contributed by atoms with Crippen molar-refractivity contribution in [1.82, 2.24) is 4.90 Å². The lowest BCUT2D eigenvalue weighted by Crippen LogP contribution is -2.36. The van der Waals surface area contributed by atoms with Gasteiger partial charge in [-0.05, 0) is 32.1 Å². The van der Waals surface area contributed by atoms with Gasteiger partial charge in [0.05, 0.1) is 6.10 Å². The number of aliphatic hydroxyl groups is 1. The highest BCUT2D eigenvalue weighted by molar-refractivity contribution is 5.92. The Hall–Kier alpha value is -0.830. The molecule has 0 saturated carbocycles. The molecule has 1 N–H and O–H groups in total. The van der Waals surface area contributed by atoms with Crippen LogP contribution in [0.15, 0.2) is 11.8 Å². The molecular weight excluding hydrogens is 190 g/mol. The van der Waals surface area contributed by atoms with Crippen LogP contribution in [0.2, 0.25) is 0 Å². The lowest BCUT2D eigenvalue weighted by molar-refractivity contribution is -0.114. The minimum atomic E-state index is -0.189. The van der Waals surface area contributed by atoms with Crippen LogP contribution in [0.1, 0.15) is 32.6 Å². The fraction of sp³-hybridized carbons (Fsp3) is 0.750. The van der Waals surface area contributed by atoms with Gasteiger partial charge in [0.2, 0.25) is 0 Å². The monoisotopic (exact) mass is 209 g/mol. The maximum atomic E-state index is 11.1. The Morgan fingerprint density at radius 3 is 2.53 bits per heavy atom. The number of carbonyl (C=O) groups is 1. The molecule has 2 aliphatic rings. The number of hydrogen-bond acceptors (Lipinski definition) is 3. The summed E-state index contributed by atoms with van der Waals surface area (Å²) in [5, 5.41) is 9.48. The van der Waals surface area contributed by atoms with Gasteiger partial charge in [-0.2, -0.15) is 0 Å². The van der Waals surface area contributed by atoms with Crippen molar-refractivity contribution in [1.29, 1.82) is 0 Å². The largest absolute Gasteiger partial charge is 0.393 e. The third-order valence-electron chi connectivity index (χ3n) is 3.58. The predicted molar refractivity (Wildman–Crippen MR) is 58.3 cm³/mol. The van der Waals surface area contributed by atoms with E-state index in [4.69, 9.17) is 0 Å². The number of likely N-dealkylation sites (tertiary alicyclic amines) is 1. The Bertz CT molecular complexity index is 275. The lowest BCUT2D eigenvalue weighted by Gasteiger charge is -2.35. The molecule has 0 bridgehead atoms. The minimum absolute atomic E-state index is 0.189. The first-order valence-electron chi connectivity index (χ1n) is 5.83. The Kier molecular flexibility index (Phi) is 3.10. The van der Waals surface area contributed by atoms with Gasteiger partial charge < -0.3 is 10.0 Å². The van der Waals surface area contributed by atoms with E-state index in [-0.39, 0.29) is 11.9 Å². The average molecular weight is 209 g/mol. The van der Waals surface area contributed by atoms with Crippen molar-refractivity contribution < 1.29 is 9.90 Å². The molecule has 1 heterocycles. The van der Waals surface area contributed by atoms with E-state index in [0.717, 1.165) is 32.4 Å². The van der Waals surface area contributed by atoms with Gasteiger partial charge in [-0.1, -0.05) is 0 Å². The van der Waals surface area contributed by atoms with Crippen molar-refractivity contribution >= 4 is 5.78 Å². The molecule has 1 unspecified atom stereocenters.